The van der Waals surface area contributed by atoms with Crippen molar-refractivity contribution in [3.63, 3.8) is 0 Å². The van der Waals surface area contributed by atoms with Crippen LogP contribution in [0.1, 0.15) is 31.9 Å². The van der Waals surface area contributed by atoms with Gasteiger partial charge in [-0.05, 0) is 31.0 Å². The summed E-state index contributed by atoms with van der Waals surface area (Å²) in [6.07, 6.45) is -2.98. The first-order valence-electron chi connectivity index (χ1n) is 5.79. The van der Waals surface area contributed by atoms with Crippen LogP contribution in [0.2, 0.25) is 0 Å². The van der Waals surface area contributed by atoms with Crippen LogP contribution in [0.4, 0.5) is 19.0 Å². The molecule has 1 heterocycles. The average Bonchev–Trinajstić information content (AvgIpc) is 2.27. The van der Waals surface area contributed by atoms with Crippen LogP contribution in [0.5, 0.6) is 0 Å². The molecule has 0 amide bonds. The summed E-state index contributed by atoms with van der Waals surface area (Å²) in [5, 5.41) is 9.42. The monoisotopic (exact) mass is 262 g/mol. The van der Waals surface area contributed by atoms with Gasteiger partial charge in [-0.1, -0.05) is 6.92 Å². The number of alkyl halides is 3. The molecule has 0 saturated heterocycles. The Kier molecular flexibility index (Phi) is 4.95. The van der Waals surface area contributed by atoms with Gasteiger partial charge in [0.2, 0.25) is 0 Å². The van der Waals surface area contributed by atoms with Crippen LogP contribution in [-0.2, 0) is 0 Å². The van der Waals surface area contributed by atoms with E-state index in [-0.39, 0.29) is 12.4 Å². The Labute approximate surface area is 104 Å². The van der Waals surface area contributed by atoms with Crippen molar-refractivity contribution in [2.75, 3.05) is 18.0 Å². The zero-order chi connectivity index (χ0) is 13.8. The van der Waals surface area contributed by atoms with Gasteiger partial charge >= 0.3 is 6.18 Å². The van der Waals surface area contributed by atoms with Crippen molar-refractivity contribution in [2.24, 2.45) is 0 Å². The largest absolute Gasteiger partial charge is 0.405 e. The fraction of sp³-hybridized carbons (Fsp3) is 0.583. The molecule has 0 radical (unpaired) electrons. The SMILES string of the molecule is CCCN(CC(F)(F)F)c1cc([C@@H](C)O)ccn1. The molecule has 102 valence electrons. The van der Waals surface area contributed by atoms with Crippen LogP contribution >= 0.6 is 0 Å². The van der Waals surface area contributed by atoms with Gasteiger partial charge in [-0.25, -0.2) is 4.98 Å². The molecule has 0 aliphatic heterocycles. The van der Waals surface area contributed by atoms with E-state index in [1.54, 1.807) is 13.0 Å². The molecular weight excluding hydrogens is 245 g/mol. The van der Waals surface area contributed by atoms with Crippen LogP contribution in [0.15, 0.2) is 18.3 Å². The van der Waals surface area contributed by atoms with Crippen molar-refractivity contribution in [1.29, 1.82) is 0 Å². The topological polar surface area (TPSA) is 36.4 Å². The fourth-order valence-electron chi connectivity index (χ4n) is 1.63. The quantitative estimate of drug-likeness (QED) is 0.886. The standard InChI is InChI=1S/C12H17F3N2O/c1-3-6-17(8-12(13,14)15)11-7-10(9(2)18)4-5-16-11/h4-5,7,9,18H,3,6,8H2,1-2H3/t9-/m1/s1. The molecular formula is C12H17F3N2O. The lowest BCUT2D eigenvalue weighted by molar-refractivity contribution is -0.119. The van der Waals surface area contributed by atoms with E-state index in [0.717, 1.165) is 0 Å². The third-order valence-corrected chi connectivity index (χ3v) is 2.44. The fourth-order valence-corrected chi connectivity index (χ4v) is 1.63. The first kappa shape index (κ1) is 14.8. The Bertz CT molecular complexity index is 380. The summed E-state index contributed by atoms with van der Waals surface area (Å²) >= 11 is 0. The highest BCUT2D eigenvalue weighted by molar-refractivity contribution is 5.41. The first-order valence-corrected chi connectivity index (χ1v) is 5.79. The van der Waals surface area contributed by atoms with Gasteiger partial charge < -0.3 is 10.0 Å². The molecule has 0 bridgehead atoms. The van der Waals surface area contributed by atoms with Crippen molar-refractivity contribution in [3.8, 4) is 0 Å². The van der Waals surface area contributed by atoms with Crippen LogP contribution in [0.25, 0.3) is 0 Å². The Hall–Kier alpha value is -1.30. The van der Waals surface area contributed by atoms with E-state index in [2.05, 4.69) is 4.98 Å². The second kappa shape index (κ2) is 6.04. The van der Waals surface area contributed by atoms with Crippen LogP contribution in [0, 0.1) is 0 Å². The maximum atomic E-state index is 12.5. The van der Waals surface area contributed by atoms with Gasteiger partial charge in [0.15, 0.2) is 0 Å². The molecule has 1 atom stereocenters. The van der Waals surface area contributed by atoms with Crippen molar-refractivity contribution in [3.05, 3.63) is 23.9 Å². The summed E-state index contributed by atoms with van der Waals surface area (Å²) in [4.78, 5) is 5.11. The summed E-state index contributed by atoms with van der Waals surface area (Å²) in [6, 6.07) is 3.08. The van der Waals surface area contributed by atoms with Crippen molar-refractivity contribution in [2.45, 2.75) is 32.5 Å². The van der Waals surface area contributed by atoms with Gasteiger partial charge in [-0.15, -0.1) is 0 Å². The molecule has 0 spiro atoms. The molecule has 0 fully saturated rings. The van der Waals surface area contributed by atoms with Gasteiger partial charge in [0.05, 0.1) is 6.10 Å². The summed E-state index contributed by atoms with van der Waals surface area (Å²) in [6.45, 7) is 2.61. The van der Waals surface area contributed by atoms with E-state index in [1.807, 2.05) is 6.92 Å². The molecule has 1 N–H and O–H groups in total. The first-order chi connectivity index (χ1) is 8.33. The number of pyridine rings is 1. The smallest absolute Gasteiger partial charge is 0.389 e. The predicted molar refractivity (Wildman–Crippen MR) is 63.4 cm³/mol. The number of hydrogen-bond donors (Lipinski definition) is 1. The van der Waals surface area contributed by atoms with Crippen LogP contribution in [0.3, 0.4) is 0 Å². The molecule has 0 aliphatic rings. The van der Waals surface area contributed by atoms with E-state index in [9.17, 15) is 18.3 Å². The average molecular weight is 262 g/mol. The predicted octanol–water partition coefficient (Wildman–Crippen LogP) is 2.91. The van der Waals surface area contributed by atoms with Crippen molar-refractivity contribution in [1.82, 2.24) is 4.98 Å². The summed E-state index contributed by atoms with van der Waals surface area (Å²) in [7, 11) is 0. The molecule has 0 aromatic carbocycles. The highest BCUT2D eigenvalue weighted by Gasteiger charge is 2.31. The summed E-state index contributed by atoms with van der Waals surface area (Å²) < 4.78 is 37.4. The Balaban J connectivity index is 2.94. The van der Waals surface area contributed by atoms with Gasteiger partial charge in [0, 0.05) is 12.7 Å². The number of aliphatic hydroxyl groups excluding tert-OH is 1. The molecule has 6 heteroatoms. The van der Waals surface area contributed by atoms with Crippen LogP contribution < -0.4 is 4.90 Å². The van der Waals surface area contributed by atoms with E-state index in [4.69, 9.17) is 0 Å². The highest BCUT2D eigenvalue weighted by atomic mass is 19.4. The van der Waals surface area contributed by atoms with E-state index >= 15 is 0 Å². The minimum atomic E-state index is -4.27. The highest BCUT2D eigenvalue weighted by Crippen LogP contribution is 2.23. The molecule has 1 aromatic rings. The lowest BCUT2D eigenvalue weighted by Crippen LogP contribution is -2.35. The second-order valence-electron chi connectivity index (χ2n) is 4.16. The number of halogens is 3. The third-order valence-electron chi connectivity index (χ3n) is 2.44. The van der Waals surface area contributed by atoms with Gasteiger partial charge in [-0.2, -0.15) is 13.2 Å². The van der Waals surface area contributed by atoms with E-state index < -0.39 is 18.8 Å². The van der Waals surface area contributed by atoms with Crippen molar-refractivity contribution >= 4 is 5.82 Å². The van der Waals surface area contributed by atoms with E-state index in [1.165, 1.54) is 17.2 Å². The summed E-state index contributed by atoms with van der Waals surface area (Å²) in [5.74, 6) is 0.243. The molecule has 0 saturated carbocycles. The Morgan fingerprint density at radius 2 is 2.11 bits per heavy atom. The lowest BCUT2D eigenvalue weighted by atomic mass is 10.1. The molecule has 1 rings (SSSR count). The second-order valence-corrected chi connectivity index (χ2v) is 4.16. The maximum Gasteiger partial charge on any atom is 0.405 e. The lowest BCUT2D eigenvalue weighted by Gasteiger charge is -2.25. The van der Waals surface area contributed by atoms with E-state index in [0.29, 0.717) is 12.0 Å². The molecule has 1 aromatic heterocycles. The van der Waals surface area contributed by atoms with Crippen molar-refractivity contribution < 1.29 is 18.3 Å². The van der Waals surface area contributed by atoms with Gasteiger partial charge in [-0.3, -0.25) is 0 Å². The third kappa shape index (κ3) is 4.52. The molecule has 0 unspecified atom stereocenters. The number of hydrogen-bond acceptors (Lipinski definition) is 3. The van der Waals surface area contributed by atoms with Crippen LogP contribution in [-0.4, -0.2) is 29.4 Å². The number of rotatable bonds is 5. The number of nitrogens with zero attached hydrogens (tertiary/aromatic N) is 2. The maximum absolute atomic E-state index is 12.5. The molecule has 3 nitrogen and oxygen atoms in total. The zero-order valence-corrected chi connectivity index (χ0v) is 10.4. The summed E-state index contributed by atoms with van der Waals surface area (Å²) in [5.41, 5.74) is 0.559. The number of anilines is 1. The molecule has 0 aliphatic carbocycles. The van der Waals surface area contributed by atoms with Gasteiger partial charge in [0.25, 0.3) is 0 Å². The molecule has 18 heavy (non-hydrogen) atoms. The number of aromatic nitrogens is 1. The number of aliphatic hydroxyl groups is 1. The van der Waals surface area contributed by atoms with Gasteiger partial charge in [0.1, 0.15) is 12.4 Å². The minimum Gasteiger partial charge on any atom is -0.389 e. The Morgan fingerprint density at radius 1 is 1.44 bits per heavy atom. The zero-order valence-electron chi connectivity index (χ0n) is 10.4. The Morgan fingerprint density at radius 3 is 2.61 bits per heavy atom. The normalized spacial score (nSPS) is 13.4. The minimum absolute atomic E-state index is 0.243.